The highest BCUT2D eigenvalue weighted by atomic mass is 31.2. The average Bonchev–Trinajstić information content (AvgIpc) is 3.85. The van der Waals surface area contributed by atoms with Crippen molar-refractivity contribution in [3.8, 4) is 0 Å². The summed E-state index contributed by atoms with van der Waals surface area (Å²) in [5.74, 6) is -1.03. The summed E-state index contributed by atoms with van der Waals surface area (Å²) in [6, 6.07) is 17.5. The van der Waals surface area contributed by atoms with Gasteiger partial charge in [-0.15, -0.1) is 0 Å². The van der Waals surface area contributed by atoms with Crippen LogP contribution < -0.4 is 20.3 Å². The lowest BCUT2D eigenvalue weighted by Crippen LogP contribution is -2.14. The molecule has 2 unspecified atom stereocenters. The van der Waals surface area contributed by atoms with E-state index in [4.69, 9.17) is 27.7 Å². The number of anilines is 2. The van der Waals surface area contributed by atoms with Gasteiger partial charge in [-0.1, -0.05) is 12.7 Å². The lowest BCUT2D eigenvalue weighted by atomic mass is 10.2. The molecule has 0 aliphatic heterocycles. The number of ether oxygens (including phenoxy) is 1. The van der Waals surface area contributed by atoms with Gasteiger partial charge in [0.15, 0.2) is 0 Å². The summed E-state index contributed by atoms with van der Waals surface area (Å²) in [6.45, 7) is 3.10. The Hall–Kier alpha value is -5.46. The Labute approximate surface area is 296 Å². The number of nitrogens with one attached hydrogen (secondary N) is 4. The molecule has 0 saturated carbocycles. The van der Waals surface area contributed by atoms with Crippen molar-refractivity contribution in [3.63, 3.8) is 0 Å². The van der Waals surface area contributed by atoms with E-state index in [-0.39, 0.29) is 31.3 Å². The molecule has 4 aromatic rings. The minimum Gasteiger partial charge on any atom is -0.458 e. The van der Waals surface area contributed by atoms with Crippen molar-refractivity contribution in [1.82, 2.24) is 10.2 Å². The molecule has 5 N–H and O–H groups in total. The third-order valence-corrected chi connectivity index (χ3v) is 9.34. The molecule has 0 radical (unpaired) electrons. The summed E-state index contributed by atoms with van der Waals surface area (Å²) in [4.78, 5) is 42.1. The number of carbonyl (C=O) groups is 2. The number of aliphatic hydroxyl groups excluding tert-OH is 1. The quantitative estimate of drug-likeness (QED) is 0.0192. The number of esters is 1. The second-order valence-corrected chi connectivity index (χ2v) is 13.6. The Morgan fingerprint density at radius 2 is 1.21 bits per heavy atom. The largest absolute Gasteiger partial charge is 0.458 e. The van der Waals surface area contributed by atoms with Crippen LogP contribution in [-0.4, -0.2) is 55.0 Å². The van der Waals surface area contributed by atoms with Crippen LogP contribution in [-0.2, 0) is 36.1 Å². The minimum atomic E-state index is -3.52. The van der Waals surface area contributed by atoms with Crippen LogP contribution in [0.2, 0.25) is 0 Å². The number of benzene rings is 2. The van der Waals surface area contributed by atoms with E-state index in [1.165, 1.54) is 68.7 Å². The molecule has 2 atom stereocenters. The predicted octanol–water partition coefficient (Wildman–Crippen LogP) is 6.05. The smallest absolute Gasteiger partial charge is 0.433 e. The molecule has 4 rings (SSSR count). The van der Waals surface area contributed by atoms with E-state index >= 15 is 0 Å². The molecule has 0 bridgehead atoms. The molecule has 0 aliphatic carbocycles. The third-order valence-electron chi connectivity index (χ3n) is 6.07. The lowest BCUT2D eigenvalue weighted by molar-refractivity contribution is -0.402. The van der Waals surface area contributed by atoms with Crippen LogP contribution in [0.3, 0.4) is 0 Å². The molecule has 0 spiro atoms. The molecule has 52 heavy (non-hydrogen) atoms. The van der Waals surface area contributed by atoms with Crippen LogP contribution in [0.1, 0.15) is 32.2 Å². The molecule has 2 heterocycles. The van der Waals surface area contributed by atoms with E-state index in [9.17, 15) is 38.9 Å². The fraction of sp³-hybridized carbons (Fsp3) is 0.200. The van der Waals surface area contributed by atoms with Gasteiger partial charge < -0.3 is 28.9 Å². The van der Waals surface area contributed by atoms with Crippen molar-refractivity contribution >= 4 is 50.7 Å². The summed E-state index contributed by atoms with van der Waals surface area (Å²) >= 11 is 0. The maximum absolute atomic E-state index is 12.7. The van der Waals surface area contributed by atoms with E-state index in [0.29, 0.717) is 28.8 Å². The fourth-order valence-corrected chi connectivity index (χ4v) is 5.78. The monoisotopic (exact) mass is 766 g/mol. The Kier molecular flexibility index (Phi) is 17.3. The predicted molar refractivity (Wildman–Crippen MR) is 188 cm³/mol. The van der Waals surface area contributed by atoms with Gasteiger partial charge in [-0.05, 0) is 74.8 Å². The first-order valence-corrected chi connectivity index (χ1v) is 17.9. The van der Waals surface area contributed by atoms with E-state index < -0.39 is 42.9 Å². The van der Waals surface area contributed by atoms with Crippen molar-refractivity contribution < 1.29 is 56.3 Å². The van der Waals surface area contributed by atoms with Gasteiger partial charge in [0.25, 0.3) is 0 Å². The normalized spacial score (nSPS) is 12.6. The molecule has 22 heteroatoms. The maximum atomic E-state index is 12.7. The molecular formula is C30H36N6O14P2. The van der Waals surface area contributed by atoms with Gasteiger partial charge in [0, 0.05) is 24.0 Å². The van der Waals surface area contributed by atoms with Crippen molar-refractivity contribution in [2.75, 3.05) is 38.0 Å². The van der Waals surface area contributed by atoms with Crippen LogP contribution in [0.5, 0.6) is 0 Å². The van der Waals surface area contributed by atoms with Crippen molar-refractivity contribution in [1.29, 1.82) is 0 Å². The van der Waals surface area contributed by atoms with Crippen LogP contribution in [0.25, 0.3) is 0 Å². The topological polar surface area (TPSA) is 277 Å². The first kappa shape index (κ1) is 42.7. The van der Waals surface area contributed by atoms with Crippen LogP contribution in [0.15, 0.2) is 94.3 Å². The summed E-state index contributed by atoms with van der Waals surface area (Å²) in [5, 5.41) is 38.6. The number of furan rings is 2. The average molecular weight is 767 g/mol. The molecule has 0 aliphatic rings. The van der Waals surface area contributed by atoms with E-state index in [0.717, 1.165) is 7.11 Å². The van der Waals surface area contributed by atoms with Gasteiger partial charge in [0.05, 0.1) is 17.7 Å². The Bertz CT molecular complexity index is 1880. The zero-order valence-corrected chi connectivity index (χ0v) is 29.7. The molecule has 0 saturated heterocycles. The second-order valence-electron chi connectivity index (χ2n) is 9.52. The number of rotatable bonds is 18. The molecule has 2 aromatic heterocycles. The fourth-order valence-electron chi connectivity index (χ4n) is 3.57. The zero-order chi connectivity index (χ0) is 38.7. The van der Waals surface area contributed by atoms with Gasteiger partial charge in [-0.2, -0.15) is 0 Å². The molecule has 0 fully saturated rings. The number of nitrogens with zero attached hydrogens (tertiary/aromatic N) is 2. The number of hydrogen-bond acceptors (Lipinski definition) is 14. The Morgan fingerprint density at radius 1 is 0.788 bits per heavy atom. The van der Waals surface area contributed by atoms with E-state index in [2.05, 4.69) is 26.9 Å². The highest BCUT2D eigenvalue weighted by molar-refractivity contribution is 7.58. The summed E-state index contributed by atoms with van der Waals surface area (Å²) in [7, 11) is -3.09. The molecule has 20 nitrogen and oxygen atoms in total. The SMILES string of the molecule is C=CCOC(=O)c1ccc(NP(=O)(NC)OCc2ccc([N+](=O)[O-])o2)cc1.CNP(=O)(Nc1ccc(C=O)cc1)OCc1ccc([N+](=O)[O-])o1.CO. The molecule has 2 aromatic carbocycles. The van der Waals surface area contributed by atoms with Gasteiger partial charge in [-0.3, -0.25) is 34.1 Å². The second kappa shape index (κ2) is 21.0. The molecule has 0 amide bonds. The summed E-state index contributed by atoms with van der Waals surface area (Å²) in [6.07, 6.45) is 2.16. The Morgan fingerprint density at radius 3 is 1.56 bits per heavy atom. The maximum Gasteiger partial charge on any atom is 0.433 e. The molecular weight excluding hydrogens is 730 g/mol. The zero-order valence-electron chi connectivity index (χ0n) is 28.0. The van der Waals surface area contributed by atoms with Crippen LogP contribution in [0, 0.1) is 20.2 Å². The van der Waals surface area contributed by atoms with Gasteiger partial charge >= 0.3 is 33.1 Å². The van der Waals surface area contributed by atoms with Crippen molar-refractivity contribution in [2.24, 2.45) is 0 Å². The summed E-state index contributed by atoms with van der Waals surface area (Å²) < 4.78 is 50.6. The number of aliphatic hydroxyl groups is 1. The van der Waals surface area contributed by atoms with Crippen molar-refractivity contribution in [3.05, 3.63) is 128 Å². The third kappa shape index (κ3) is 13.7. The van der Waals surface area contributed by atoms with E-state index in [1.807, 2.05) is 0 Å². The first-order chi connectivity index (χ1) is 24.8. The summed E-state index contributed by atoms with van der Waals surface area (Å²) in [5.41, 5.74) is 1.72. The Balaban J connectivity index is 0.000000348. The van der Waals surface area contributed by atoms with Crippen LogP contribution in [0.4, 0.5) is 23.1 Å². The van der Waals surface area contributed by atoms with Crippen molar-refractivity contribution in [2.45, 2.75) is 13.2 Å². The standard InChI is InChI=1S/C16H18N3O7P.C13H14N3O6P.CH4O/c1-3-10-24-16(20)12-4-6-13(7-5-12)18-27(23,17-2)25-11-14-8-9-15(26-14)19(21)22;1-14-23(20,15-11-4-2-10(8-17)3-5-11)21-9-12-6-7-13(22-12)16(18)19;1-2/h3-9H,1,10-11H2,2H3,(H2,17,18,23);2-8H,9H2,1H3,(H2,14,15,20);2H,1H3. The molecule has 280 valence electrons. The highest BCUT2D eigenvalue weighted by Gasteiger charge is 2.24. The first-order valence-electron chi connectivity index (χ1n) is 14.6. The van der Waals surface area contributed by atoms with Gasteiger partial charge in [0.2, 0.25) is 0 Å². The lowest BCUT2D eigenvalue weighted by Gasteiger charge is -2.19. The van der Waals surface area contributed by atoms with E-state index in [1.54, 1.807) is 24.3 Å². The van der Waals surface area contributed by atoms with Crippen LogP contribution >= 0.6 is 15.3 Å². The number of carbonyl (C=O) groups excluding carboxylic acids is 2. The number of aldehydes is 1. The number of nitro groups is 2. The van der Waals surface area contributed by atoms with Gasteiger partial charge in [-0.25, -0.2) is 24.1 Å². The van der Waals surface area contributed by atoms with Gasteiger partial charge in [0.1, 0.15) is 47.5 Å². The number of hydrogen-bond donors (Lipinski definition) is 5. The minimum absolute atomic E-state index is 0.104. The highest BCUT2D eigenvalue weighted by Crippen LogP contribution is 2.44.